The van der Waals surface area contributed by atoms with Crippen LogP contribution in [0.1, 0.15) is 70.2 Å². The van der Waals surface area contributed by atoms with Gasteiger partial charge in [0.05, 0.1) is 4.88 Å². The Morgan fingerprint density at radius 3 is 2.76 bits per heavy atom. The Hall–Kier alpha value is -2.51. The number of hydrogen-bond acceptors (Lipinski definition) is 4. The lowest BCUT2D eigenvalue weighted by atomic mass is 9.95. The highest BCUT2D eigenvalue weighted by Gasteiger charge is 2.29. The van der Waals surface area contributed by atoms with Crippen molar-refractivity contribution in [3.8, 4) is 10.6 Å². The van der Waals surface area contributed by atoms with Crippen LogP contribution in [0.2, 0.25) is 0 Å². The lowest BCUT2D eigenvalue weighted by Crippen LogP contribution is -2.41. The molecule has 3 aromatic rings. The number of nitrogens with zero attached hydrogens (tertiary/aromatic N) is 1. The number of aromatic amines is 2. The summed E-state index contributed by atoms with van der Waals surface area (Å²) in [4.78, 5) is 35.1. The van der Waals surface area contributed by atoms with E-state index in [4.69, 9.17) is 0 Å². The van der Waals surface area contributed by atoms with Crippen molar-refractivity contribution in [1.29, 1.82) is 0 Å². The molecule has 0 unspecified atom stereocenters. The molecule has 2 aromatic heterocycles. The molecule has 1 aliphatic heterocycles. The van der Waals surface area contributed by atoms with Crippen molar-refractivity contribution in [3.63, 3.8) is 0 Å². The molecule has 34 heavy (non-hydrogen) atoms. The SMILES string of the molecule is CCC(=O)CCCCC[C@H](NC(=O)C1CCN(C)CC1)c1[nH]c(-c2cc3ccccc3s2)c[nH+]1. The number of nitrogens with one attached hydrogen (secondary N) is 3. The molecule has 4 rings (SSSR count). The number of amides is 1. The van der Waals surface area contributed by atoms with Crippen LogP contribution in [0.15, 0.2) is 36.5 Å². The number of rotatable bonds is 11. The van der Waals surface area contributed by atoms with Crippen molar-refractivity contribution in [1.82, 2.24) is 15.2 Å². The summed E-state index contributed by atoms with van der Waals surface area (Å²) in [5, 5.41) is 4.58. The van der Waals surface area contributed by atoms with Crippen LogP contribution in [0.25, 0.3) is 20.7 Å². The summed E-state index contributed by atoms with van der Waals surface area (Å²) in [6.07, 6.45) is 8.85. The van der Waals surface area contributed by atoms with Gasteiger partial charge in [-0.15, -0.1) is 11.3 Å². The zero-order valence-electron chi connectivity index (χ0n) is 20.4. The van der Waals surface area contributed by atoms with Gasteiger partial charge in [-0.05, 0) is 63.3 Å². The number of Topliss-reactive ketones (excluding diaryl/α,β-unsaturated/α-hetero) is 1. The minimum absolute atomic E-state index is 0.0814. The van der Waals surface area contributed by atoms with E-state index in [0.717, 1.165) is 63.1 Å². The Kier molecular flexibility index (Phi) is 8.51. The number of ketones is 1. The highest BCUT2D eigenvalue weighted by molar-refractivity contribution is 7.22. The average molecular weight is 482 g/mol. The summed E-state index contributed by atoms with van der Waals surface area (Å²) >= 11 is 1.77. The van der Waals surface area contributed by atoms with E-state index in [1.54, 1.807) is 11.3 Å². The fourth-order valence-electron chi connectivity index (χ4n) is 4.68. The lowest BCUT2D eigenvalue weighted by Gasteiger charge is -2.28. The van der Waals surface area contributed by atoms with Gasteiger partial charge < -0.3 is 10.2 Å². The largest absolute Gasteiger partial charge is 0.342 e. The maximum Gasteiger partial charge on any atom is 0.275 e. The first-order chi connectivity index (χ1) is 16.5. The van der Waals surface area contributed by atoms with Gasteiger partial charge in [0.1, 0.15) is 18.0 Å². The van der Waals surface area contributed by atoms with Gasteiger partial charge >= 0.3 is 0 Å². The van der Waals surface area contributed by atoms with Crippen LogP contribution in [0.3, 0.4) is 0 Å². The number of thiophene rings is 1. The van der Waals surface area contributed by atoms with Gasteiger partial charge in [0, 0.05) is 23.5 Å². The average Bonchev–Trinajstić information content (AvgIpc) is 3.50. The van der Waals surface area contributed by atoms with Gasteiger partial charge in [0.2, 0.25) is 5.91 Å². The Bertz CT molecular complexity index is 1060. The molecule has 0 aliphatic carbocycles. The number of H-pyrrole nitrogens is 2. The number of likely N-dealkylation sites (tertiary alicyclic amines) is 1. The predicted molar refractivity (Wildman–Crippen MR) is 138 cm³/mol. The molecule has 3 N–H and O–H groups in total. The van der Waals surface area contributed by atoms with Crippen molar-refractivity contribution in [3.05, 3.63) is 42.4 Å². The second kappa shape index (κ2) is 11.8. The van der Waals surface area contributed by atoms with Crippen LogP contribution in [0.4, 0.5) is 0 Å². The van der Waals surface area contributed by atoms with E-state index in [0.29, 0.717) is 18.6 Å². The molecule has 7 heteroatoms. The van der Waals surface area contributed by atoms with E-state index < -0.39 is 0 Å². The van der Waals surface area contributed by atoms with Crippen molar-refractivity contribution in [2.24, 2.45) is 5.92 Å². The van der Waals surface area contributed by atoms with Gasteiger partial charge in [-0.25, -0.2) is 9.97 Å². The van der Waals surface area contributed by atoms with E-state index in [9.17, 15) is 9.59 Å². The summed E-state index contributed by atoms with van der Waals surface area (Å²) in [6.45, 7) is 3.87. The van der Waals surface area contributed by atoms with Crippen molar-refractivity contribution >= 4 is 33.1 Å². The summed E-state index contributed by atoms with van der Waals surface area (Å²) in [7, 11) is 2.11. The quantitative estimate of drug-likeness (QED) is 0.372. The Morgan fingerprint density at radius 2 is 2.00 bits per heavy atom. The normalized spacial score (nSPS) is 16.1. The maximum atomic E-state index is 13.1. The van der Waals surface area contributed by atoms with Crippen LogP contribution in [0.5, 0.6) is 0 Å². The van der Waals surface area contributed by atoms with Gasteiger partial charge in [0.15, 0.2) is 5.69 Å². The molecule has 6 nitrogen and oxygen atoms in total. The maximum absolute atomic E-state index is 13.1. The molecule has 0 spiro atoms. The van der Waals surface area contributed by atoms with E-state index in [-0.39, 0.29) is 17.9 Å². The second-order valence-corrected chi connectivity index (χ2v) is 10.6. The number of carbonyl (C=O) groups excluding carboxylic acids is 2. The molecule has 1 fully saturated rings. The van der Waals surface area contributed by atoms with Gasteiger partial charge in [0.25, 0.3) is 5.82 Å². The summed E-state index contributed by atoms with van der Waals surface area (Å²) in [6, 6.07) is 10.5. The highest BCUT2D eigenvalue weighted by Crippen LogP contribution is 2.32. The first-order valence-electron chi connectivity index (χ1n) is 12.6. The van der Waals surface area contributed by atoms with E-state index in [2.05, 4.69) is 57.6 Å². The number of fused-ring (bicyclic) bond motifs is 1. The van der Waals surface area contributed by atoms with Crippen LogP contribution < -0.4 is 10.3 Å². The van der Waals surface area contributed by atoms with Gasteiger partial charge in [-0.2, -0.15) is 0 Å². The lowest BCUT2D eigenvalue weighted by molar-refractivity contribution is -0.391. The molecule has 182 valence electrons. The van der Waals surface area contributed by atoms with Crippen LogP contribution >= 0.6 is 11.3 Å². The summed E-state index contributed by atoms with van der Waals surface area (Å²) < 4.78 is 1.27. The van der Waals surface area contributed by atoms with Crippen LogP contribution in [-0.4, -0.2) is 41.7 Å². The number of carbonyl (C=O) groups is 2. The summed E-state index contributed by atoms with van der Waals surface area (Å²) in [5.41, 5.74) is 1.04. The number of hydrogen-bond donors (Lipinski definition) is 2. The van der Waals surface area contributed by atoms with Crippen molar-refractivity contribution < 1.29 is 14.6 Å². The Balaban J connectivity index is 1.44. The number of aromatic nitrogens is 2. The monoisotopic (exact) mass is 481 g/mol. The third-order valence-electron chi connectivity index (χ3n) is 6.93. The third-order valence-corrected chi connectivity index (χ3v) is 8.08. The van der Waals surface area contributed by atoms with E-state index in [1.165, 1.54) is 15.0 Å². The third kappa shape index (κ3) is 6.33. The molecular formula is C27H37N4O2S+. The Labute approximate surface area is 206 Å². The standard InChI is InChI=1S/C27H36N4O2S/c1-3-21(32)10-5-4-6-11-22(30-27(33)19-13-15-31(2)16-14-19)26-28-18-23(29-26)25-17-20-9-7-8-12-24(20)34-25/h7-9,12,17-19,22H,3-6,10-11,13-16H2,1-2H3,(H,28,29)(H,30,33)/p+1/t22-/m0/s1. The molecule has 0 radical (unpaired) electrons. The van der Waals surface area contributed by atoms with Gasteiger partial charge in [-0.1, -0.05) is 38.0 Å². The molecule has 1 aliphatic rings. The molecule has 1 aromatic carbocycles. The highest BCUT2D eigenvalue weighted by atomic mass is 32.1. The molecule has 1 amide bonds. The molecule has 1 saturated heterocycles. The fraction of sp³-hybridized carbons (Fsp3) is 0.519. The predicted octanol–water partition coefficient (Wildman–Crippen LogP) is 5.14. The minimum atomic E-state index is -0.0860. The number of piperidine rings is 1. The van der Waals surface area contributed by atoms with Crippen molar-refractivity contribution in [2.45, 2.75) is 64.3 Å². The zero-order valence-corrected chi connectivity index (χ0v) is 21.2. The first kappa shape index (κ1) is 24.6. The topological polar surface area (TPSA) is 79.3 Å². The molecule has 1 atom stereocenters. The fourth-order valence-corrected chi connectivity index (χ4v) is 5.71. The second-order valence-electron chi connectivity index (χ2n) is 9.52. The molecule has 0 bridgehead atoms. The van der Waals surface area contributed by atoms with E-state index in [1.807, 2.05) is 13.1 Å². The Morgan fingerprint density at radius 1 is 1.21 bits per heavy atom. The molecule has 0 saturated carbocycles. The number of benzene rings is 1. The number of unbranched alkanes of at least 4 members (excludes halogenated alkanes) is 2. The van der Waals surface area contributed by atoms with Gasteiger partial charge in [-0.3, -0.25) is 9.59 Å². The summed E-state index contributed by atoms with van der Waals surface area (Å²) in [5.74, 6) is 1.51. The van der Waals surface area contributed by atoms with Crippen LogP contribution in [-0.2, 0) is 9.59 Å². The molecular weight excluding hydrogens is 444 g/mol. The van der Waals surface area contributed by atoms with E-state index >= 15 is 0 Å². The van der Waals surface area contributed by atoms with Crippen molar-refractivity contribution in [2.75, 3.05) is 20.1 Å². The smallest absolute Gasteiger partial charge is 0.275 e. The molecule has 3 heterocycles. The van der Waals surface area contributed by atoms with Crippen LogP contribution in [0, 0.1) is 5.92 Å². The zero-order chi connectivity index (χ0) is 23.9. The number of imidazole rings is 1. The first-order valence-corrected chi connectivity index (χ1v) is 13.4. The minimum Gasteiger partial charge on any atom is -0.342 e.